The zero-order valence-corrected chi connectivity index (χ0v) is 14.8. The van der Waals surface area contributed by atoms with Crippen LogP contribution >= 0.6 is 22.6 Å². The van der Waals surface area contributed by atoms with E-state index < -0.39 is 10.0 Å². The minimum Gasteiger partial charge on any atom is -0.313 e. The third-order valence-electron chi connectivity index (χ3n) is 3.20. The Labute approximate surface area is 139 Å². The fourth-order valence-electron chi connectivity index (χ4n) is 1.87. The first-order chi connectivity index (χ1) is 9.92. The second-order valence-electron chi connectivity index (χ2n) is 4.70. The first-order valence-corrected chi connectivity index (χ1v) is 9.04. The predicted octanol–water partition coefficient (Wildman–Crippen LogP) is 3.37. The number of halogens is 1. The van der Waals surface area contributed by atoms with Crippen LogP contribution in [0, 0.1) is 3.57 Å². The molecule has 2 aromatic rings. The van der Waals surface area contributed by atoms with Crippen molar-refractivity contribution in [1.29, 1.82) is 0 Å². The van der Waals surface area contributed by atoms with Crippen molar-refractivity contribution in [2.45, 2.75) is 17.9 Å². The third kappa shape index (κ3) is 4.18. The Kier molecular flexibility index (Phi) is 5.23. The highest BCUT2D eigenvalue weighted by Gasteiger charge is 2.14. The van der Waals surface area contributed by atoms with Crippen molar-refractivity contribution in [1.82, 2.24) is 5.32 Å². The van der Waals surface area contributed by atoms with E-state index in [2.05, 4.69) is 32.6 Å². The number of hydrogen-bond donors (Lipinski definition) is 2. The molecule has 21 heavy (non-hydrogen) atoms. The first-order valence-electron chi connectivity index (χ1n) is 6.48. The van der Waals surface area contributed by atoms with Crippen LogP contribution in [0.15, 0.2) is 53.4 Å². The number of rotatable bonds is 5. The van der Waals surface area contributed by atoms with Crippen LogP contribution in [0.4, 0.5) is 5.69 Å². The SMILES string of the molecule is CNC(C)c1ccc(S(=O)(=O)Nc2cccc(I)c2)cc1. The summed E-state index contributed by atoms with van der Waals surface area (Å²) in [5.74, 6) is 0. The topological polar surface area (TPSA) is 58.2 Å². The van der Waals surface area contributed by atoms with Gasteiger partial charge in [-0.1, -0.05) is 18.2 Å². The molecule has 0 fully saturated rings. The Balaban J connectivity index is 2.23. The highest BCUT2D eigenvalue weighted by atomic mass is 127. The summed E-state index contributed by atoms with van der Waals surface area (Å²) >= 11 is 2.15. The van der Waals surface area contributed by atoms with Crippen molar-refractivity contribution in [3.05, 3.63) is 57.7 Å². The van der Waals surface area contributed by atoms with Crippen LogP contribution < -0.4 is 10.0 Å². The van der Waals surface area contributed by atoms with E-state index in [1.807, 2.05) is 38.2 Å². The molecule has 0 aliphatic rings. The van der Waals surface area contributed by atoms with E-state index in [-0.39, 0.29) is 10.9 Å². The van der Waals surface area contributed by atoms with Gasteiger partial charge in [0, 0.05) is 15.3 Å². The van der Waals surface area contributed by atoms with E-state index in [1.54, 1.807) is 24.3 Å². The standard InChI is InChI=1S/C15H17IN2O2S/c1-11(17-2)12-6-8-15(9-7-12)21(19,20)18-14-5-3-4-13(16)10-14/h3-11,17-18H,1-2H3. The average molecular weight is 416 g/mol. The summed E-state index contributed by atoms with van der Waals surface area (Å²) in [4.78, 5) is 0.258. The van der Waals surface area contributed by atoms with Crippen LogP contribution in [0.5, 0.6) is 0 Å². The van der Waals surface area contributed by atoms with E-state index in [4.69, 9.17) is 0 Å². The van der Waals surface area contributed by atoms with Gasteiger partial charge in [0.1, 0.15) is 0 Å². The lowest BCUT2D eigenvalue weighted by Crippen LogP contribution is -2.14. The highest BCUT2D eigenvalue weighted by molar-refractivity contribution is 14.1. The molecule has 0 amide bonds. The van der Waals surface area contributed by atoms with Crippen molar-refractivity contribution < 1.29 is 8.42 Å². The Bertz CT molecular complexity index is 715. The fraction of sp³-hybridized carbons (Fsp3) is 0.200. The molecule has 0 aliphatic heterocycles. The molecule has 0 spiro atoms. The summed E-state index contributed by atoms with van der Waals surface area (Å²) in [5, 5.41) is 3.12. The largest absolute Gasteiger partial charge is 0.313 e. The summed E-state index contributed by atoms with van der Waals surface area (Å²) in [5.41, 5.74) is 1.61. The molecule has 112 valence electrons. The van der Waals surface area contributed by atoms with Crippen LogP contribution in [-0.4, -0.2) is 15.5 Å². The van der Waals surface area contributed by atoms with Crippen LogP contribution in [0.25, 0.3) is 0 Å². The van der Waals surface area contributed by atoms with Gasteiger partial charge < -0.3 is 5.32 Å². The molecular formula is C15H17IN2O2S. The van der Waals surface area contributed by atoms with Gasteiger partial charge in [0.05, 0.1) is 4.90 Å². The van der Waals surface area contributed by atoms with Crippen LogP contribution in [0.2, 0.25) is 0 Å². The summed E-state index contributed by atoms with van der Waals surface area (Å²) in [6, 6.07) is 14.3. The number of anilines is 1. The molecule has 2 N–H and O–H groups in total. The van der Waals surface area contributed by atoms with Gasteiger partial charge in [-0.15, -0.1) is 0 Å². The van der Waals surface area contributed by atoms with E-state index in [0.717, 1.165) is 9.13 Å². The van der Waals surface area contributed by atoms with Gasteiger partial charge in [-0.05, 0) is 72.5 Å². The Morgan fingerprint density at radius 2 is 1.76 bits per heavy atom. The lowest BCUT2D eigenvalue weighted by Gasteiger charge is -2.12. The Morgan fingerprint density at radius 1 is 1.10 bits per heavy atom. The molecule has 1 atom stereocenters. The number of nitrogens with one attached hydrogen (secondary N) is 2. The van der Waals surface area contributed by atoms with Gasteiger partial charge in [0.2, 0.25) is 0 Å². The smallest absolute Gasteiger partial charge is 0.261 e. The second-order valence-corrected chi connectivity index (χ2v) is 7.62. The number of hydrogen-bond acceptors (Lipinski definition) is 3. The van der Waals surface area contributed by atoms with Crippen LogP contribution in [0.1, 0.15) is 18.5 Å². The Morgan fingerprint density at radius 3 is 2.33 bits per heavy atom. The number of benzene rings is 2. The number of sulfonamides is 1. The van der Waals surface area contributed by atoms with Crippen molar-refractivity contribution in [2.75, 3.05) is 11.8 Å². The van der Waals surface area contributed by atoms with Crippen molar-refractivity contribution in [3.63, 3.8) is 0 Å². The summed E-state index contributed by atoms with van der Waals surface area (Å²) in [6.07, 6.45) is 0. The molecule has 2 aromatic carbocycles. The van der Waals surface area contributed by atoms with Crippen LogP contribution in [0.3, 0.4) is 0 Å². The third-order valence-corrected chi connectivity index (χ3v) is 5.27. The maximum absolute atomic E-state index is 12.3. The fourth-order valence-corrected chi connectivity index (χ4v) is 3.46. The molecule has 6 heteroatoms. The highest BCUT2D eigenvalue weighted by Crippen LogP contribution is 2.20. The molecule has 0 saturated heterocycles. The molecule has 0 radical (unpaired) electrons. The molecule has 0 saturated carbocycles. The molecule has 0 heterocycles. The van der Waals surface area contributed by atoms with Gasteiger partial charge in [-0.25, -0.2) is 8.42 Å². The van der Waals surface area contributed by atoms with Crippen molar-refractivity contribution in [2.24, 2.45) is 0 Å². The van der Waals surface area contributed by atoms with Gasteiger partial charge in [-0.2, -0.15) is 0 Å². The zero-order valence-electron chi connectivity index (χ0n) is 11.8. The maximum atomic E-state index is 12.3. The zero-order chi connectivity index (χ0) is 15.5. The van der Waals surface area contributed by atoms with E-state index >= 15 is 0 Å². The molecule has 0 aromatic heterocycles. The van der Waals surface area contributed by atoms with E-state index in [1.165, 1.54) is 0 Å². The second kappa shape index (κ2) is 6.76. The first kappa shape index (κ1) is 16.3. The summed E-state index contributed by atoms with van der Waals surface area (Å²) < 4.78 is 28.2. The van der Waals surface area contributed by atoms with Crippen LogP contribution in [-0.2, 0) is 10.0 Å². The molecule has 2 rings (SSSR count). The molecule has 1 unspecified atom stereocenters. The predicted molar refractivity (Wildman–Crippen MR) is 93.9 cm³/mol. The molecular weight excluding hydrogens is 399 g/mol. The van der Waals surface area contributed by atoms with Crippen molar-refractivity contribution in [3.8, 4) is 0 Å². The van der Waals surface area contributed by atoms with Gasteiger partial charge >= 0.3 is 0 Å². The van der Waals surface area contributed by atoms with Gasteiger partial charge in [0.25, 0.3) is 10.0 Å². The van der Waals surface area contributed by atoms with Crippen molar-refractivity contribution >= 4 is 38.3 Å². The molecule has 0 aliphatic carbocycles. The van der Waals surface area contributed by atoms with E-state index in [0.29, 0.717) is 5.69 Å². The summed E-state index contributed by atoms with van der Waals surface area (Å²) in [7, 11) is -1.68. The summed E-state index contributed by atoms with van der Waals surface area (Å²) in [6.45, 7) is 2.02. The molecule has 0 bridgehead atoms. The minimum absolute atomic E-state index is 0.186. The maximum Gasteiger partial charge on any atom is 0.261 e. The normalized spacial score (nSPS) is 12.9. The quantitative estimate of drug-likeness (QED) is 0.735. The minimum atomic E-state index is -3.55. The van der Waals surface area contributed by atoms with Gasteiger partial charge in [0.15, 0.2) is 0 Å². The monoisotopic (exact) mass is 416 g/mol. The average Bonchev–Trinajstić information content (AvgIpc) is 2.46. The Hall–Kier alpha value is -1.12. The lowest BCUT2D eigenvalue weighted by molar-refractivity contribution is 0.601. The lowest BCUT2D eigenvalue weighted by atomic mass is 10.1. The molecule has 4 nitrogen and oxygen atoms in total. The van der Waals surface area contributed by atoms with Gasteiger partial charge in [-0.3, -0.25) is 4.72 Å². The van der Waals surface area contributed by atoms with E-state index in [9.17, 15) is 8.42 Å².